The molecular weight excluding hydrogens is 436 g/mol. The van der Waals surface area contributed by atoms with E-state index in [1.807, 2.05) is 54.6 Å². The van der Waals surface area contributed by atoms with E-state index < -0.39 is 17.7 Å². The summed E-state index contributed by atoms with van der Waals surface area (Å²) in [5.74, 6) is -1.74. The van der Waals surface area contributed by atoms with Gasteiger partial charge in [0.1, 0.15) is 17.3 Å². The van der Waals surface area contributed by atoms with Crippen molar-refractivity contribution in [3.05, 3.63) is 112 Å². The van der Waals surface area contributed by atoms with Crippen molar-refractivity contribution >= 4 is 16.9 Å². The molecule has 1 aromatic heterocycles. The summed E-state index contributed by atoms with van der Waals surface area (Å²) in [7, 11) is 0. The van der Waals surface area contributed by atoms with Gasteiger partial charge in [0.2, 0.25) is 5.91 Å². The number of para-hydroxylation sites is 2. The molecule has 0 saturated carbocycles. The van der Waals surface area contributed by atoms with Crippen LogP contribution in [0.4, 0.5) is 8.78 Å². The number of carbonyl (C=O) groups excluding carboxylic acids is 1. The standard InChI is InChI=1S/C27H25F2N3O2/c1-18(21-12-11-20(28)17-22(21)29)30-26(33)14-13-24-27(34)32(16-15-19-7-3-2-4-8-19)25-10-6-5-9-23(25)31-24/h2-12,17-18H,13-16H2,1H3,(H,30,33). The maximum absolute atomic E-state index is 14.0. The Balaban J connectivity index is 1.49. The third kappa shape index (κ3) is 5.36. The summed E-state index contributed by atoms with van der Waals surface area (Å²) in [6.07, 6.45) is 0.862. The highest BCUT2D eigenvalue weighted by molar-refractivity contribution is 5.77. The molecule has 174 valence electrons. The number of fused-ring (bicyclic) bond motifs is 1. The number of nitrogens with zero attached hydrogens (tertiary/aromatic N) is 2. The van der Waals surface area contributed by atoms with Gasteiger partial charge in [0.15, 0.2) is 0 Å². The minimum Gasteiger partial charge on any atom is -0.349 e. The summed E-state index contributed by atoms with van der Waals surface area (Å²) >= 11 is 0. The van der Waals surface area contributed by atoms with Crippen molar-refractivity contribution in [2.45, 2.75) is 38.8 Å². The summed E-state index contributed by atoms with van der Waals surface area (Å²) in [4.78, 5) is 30.2. The van der Waals surface area contributed by atoms with Crippen molar-refractivity contribution in [3.63, 3.8) is 0 Å². The number of hydrogen-bond acceptors (Lipinski definition) is 3. The SMILES string of the molecule is CC(NC(=O)CCc1nc2ccccc2n(CCc2ccccc2)c1=O)c1ccc(F)cc1F. The number of carbonyl (C=O) groups is 1. The average Bonchev–Trinajstić information content (AvgIpc) is 2.83. The summed E-state index contributed by atoms with van der Waals surface area (Å²) < 4.78 is 28.9. The Kier molecular flexibility index (Phi) is 7.11. The summed E-state index contributed by atoms with van der Waals surface area (Å²) in [6, 6.07) is 20.0. The number of rotatable bonds is 8. The molecule has 0 aliphatic heterocycles. The third-order valence-corrected chi connectivity index (χ3v) is 5.78. The Morgan fingerprint density at radius 3 is 2.50 bits per heavy atom. The highest BCUT2D eigenvalue weighted by atomic mass is 19.1. The van der Waals surface area contributed by atoms with E-state index >= 15 is 0 Å². The Hall–Kier alpha value is -3.87. The molecule has 0 aliphatic carbocycles. The van der Waals surface area contributed by atoms with Gasteiger partial charge in [0.25, 0.3) is 5.56 Å². The summed E-state index contributed by atoms with van der Waals surface area (Å²) in [6.45, 7) is 2.12. The van der Waals surface area contributed by atoms with E-state index in [2.05, 4.69) is 10.3 Å². The molecule has 7 heteroatoms. The topological polar surface area (TPSA) is 64.0 Å². The quantitative estimate of drug-likeness (QED) is 0.413. The van der Waals surface area contributed by atoms with E-state index in [0.29, 0.717) is 24.2 Å². The average molecular weight is 462 g/mol. The molecule has 1 N–H and O–H groups in total. The van der Waals surface area contributed by atoms with Crippen LogP contribution in [-0.2, 0) is 24.2 Å². The molecule has 1 amide bonds. The highest BCUT2D eigenvalue weighted by Crippen LogP contribution is 2.18. The van der Waals surface area contributed by atoms with Crippen LogP contribution < -0.4 is 10.9 Å². The number of aromatic nitrogens is 2. The molecule has 0 bridgehead atoms. The van der Waals surface area contributed by atoms with Crippen LogP contribution in [0.1, 0.15) is 36.2 Å². The third-order valence-electron chi connectivity index (χ3n) is 5.78. The molecule has 1 heterocycles. The maximum Gasteiger partial charge on any atom is 0.272 e. The van der Waals surface area contributed by atoms with Crippen LogP contribution in [0.15, 0.2) is 77.6 Å². The second-order valence-electron chi connectivity index (χ2n) is 8.19. The zero-order valence-corrected chi connectivity index (χ0v) is 18.8. The van der Waals surface area contributed by atoms with Crippen LogP contribution in [0, 0.1) is 11.6 Å². The fourth-order valence-electron chi connectivity index (χ4n) is 3.99. The van der Waals surface area contributed by atoms with Crippen LogP contribution in [0.25, 0.3) is 11.0 Å². The number of amides is 1. The van der Waals surface area contributed by atoms with E-state index in [1.54, 1.807) is 11.5 Å². The lowest BCUT2D eigenvalue weighted by atomic mass is 10.1. The summed E-state index contributed by atoms with van der Waals surface area (Å²) in [5.41, 5.74) is 2.84. The van der Waals surface area contributed by atoms with Crippen molar-refractivity contribution in [2.24, 2.45) is 0 Å². The fraction of sp³-hybridized carbons (Fsp3) is 0.222. The zero-order valence-electron chi connectivity index (χ0n) is 18.8. The predicted molar refractivity (Wildman–Crippen MR) is 127 cm³/mol. The predicted octanol–water partition coefficient (Wildman–Crippen LogP) is 4.73. The molecule has 4 rings (SSSR count). The zero-order chi connectivity index (χ0) is 24.1. The molecule has 0 fully saturated rings. The van der Waals surface area contributed by atoms with E-state index in [1.165, 1.54) is 6.07 Å². The van der Waals surface area contributed by atoms with Crippen molar-refractivity contribution < 1.29 is 13.6 Å². The minimum atomic E-state index is -0.717. The van der Waals surface area contributed by atoms with Crippen molar-refractivity contribution in [1.29, 1.82) is 0 Å². The second kappa shape index (κ2) is 10.4. The highest BCUT2D eigenvalue weighted by Gasteiger charge is 2.16. The van der Waals surface area contributed by atoms with Gasteiger partial charge in [-0.15, -0.1) is 0 Å². The van der Waals surface area contributed by atoms with E-state index in [-0.39, 0.29) is 29.9 Å². The van der Waals surface area contributed by atoms with Crippen molar-refractivity contribution in [2.75, 3.05) is 0 Å². The number of nitrogens with one attached hydrogen (secondary N) is 1. The normalized spacial score (nSPS) is 12.0. The van der Waals surface area contributed by atoms with Crippen LogP contribution in [-0.4, -0.2) is 15.5 Å². The molecule has 4 aromatic rings. The first-order chi connectivity index (χ1) is 16.4. The monoisotopic (exact) mass is 461 g/mol. The first kappa shape index (κ1) is 23.3. The van der Waals surface area contributed by atoms with Gasteiger partial charge in [0, 0.05) is 31.0 Å². The molecule has 34 heavy (non-hydrogen) atoms. The van der Waals surface area contributed by atoms with E-state index in [0.717, 1.165) is 23.2 Å². The fourth-order valence-corrected chi connectivity index (χ4v) is 3.99. The Morgan fingerprint density at radius 1 is 1.00 bits per heavy atom. The maximum atomic E-state index is 14.0. The Labute approximate surface area is 196 Å². The van der Waals surface area contributed by atoms with Crippen LogP contribution in [0.3, 0.4) is 0 Å². The van der Waals surface area contributed by atoms with Crippen LogP contribution in [0.2, 0.25) is 0 Å². The van der Waals surface area contributed by atoms with Gasteiger partial charge >= 0.3 is 0 Å². The van der Waals surface area contributed by atoms with Gasteiger partial charge in [-0.05, 0) is 37.1 Å². The van der Waals surface area contributed by atoms with Gasteiger partial charge in [-0.25, -0.2) is 13.8 Å². The first-order valence-electron chi connectivity index (χ1n) is 11.2. The number of halogens is 2. The smallest absolute Gasteiger partial charge is 0.272 e. The molecule has 0 aliphatic rings. The van der Waals surface area contributed by atoms with Crippen LogP contribution >= 0.6 is 0 Å². The van der Waals surface area contributed by atoms with Crippen molar-refractivity contribution in [3.8, 4) is 0 Å². The van der Waals surface area contributed by atoms with Crippen LogP contribution in [0.5, 0.6) is 0 Å². The lowest BCUT2D eigenvalue weighted by Gasteiger charge is -2.15. The molecule has 0 saturated heterocycles. The molecule has 1 atom stereocenters. The molecule has 1 unspecified atom stereocenters. The molecule has 5 nitrogen and oxygen atoms in total. The van der Waals surface area contributed by atoms with Gasteiger partial charge in [0.05, 0.1) is 17.1 Å². The number of benzene rings is 3. The van der Waals surface area contributed by atoms with Gasteiger partial charge in [-0.2, -0.15) is 0 Å². The molecule has 0 spiro atoms. The largest absolute Gasteiger partial charge is 0.349 e. The lowest BCUT2D eigenvalue weighted by Crippen LogP contribution is -2.30. The van der Waals surface area contributed by atoms with Gasteiger partial charge < -0.3 is 9.88 Å². The first-order valence-corrected chi connectivity index (χ1v) is 11.2. The molecule has 0 radical (unpaired) electrons. The minimum absolute atomic E-state index is 0.0203. The van der Waals surface area contributed by atoms with E-state index in [9.17, 15) is 18.4 Å². The van der Waals surface area contributed by atoms with Gasteiger partial charge in [-0.3, -0.25) is 9.59 Å². The number of hydrogen-bond donors (Lipinski definition) is 1. The Morgan fingerprint density at radius 2 is 1.74 bits per heavy atom. The number of aryl methyl sites for hydroxylation is 3. The van der Waals surface area contributed by atoms with Gasteiger partial charge in [-0.1, -0.05) is 48.5 Å². The lowest BCUT2D eigenvalue weighted by molar-refractivity contribution is -0.121. The molecule has 3 aromatic carbocycles. The summed E-state index contributed by atoms with van der Waals surface area (Å²) in [5, 5.41) is 2.71. The van der Waals surface area contributed by atoms with E-state index in [4.69, 9.17) is 0 Å². The van der Waals surface area contributed by atoms with Crippen molar-refractivity contribution in [1.82, 2.24) is 14.9 Å². The Bertz CT molecular complexity index is 1370. The molecular formula is C27H25F2N3O2. The second-order valence-corrected chi connectivity index (χ2v) is 8.19.